The van der Waals surface area contributed by atoms with E-state index in [9.17, 15) is 0 Å². The molecule has 248 valence electrons. The first-order valence-corrected chi connectivity index (χ1v) is 14.9. The Labute approximate surface area is 316 Å². The molecule has 0 N–H and O–H groups in total. The Hall–Kier alpha value is 0.174. The summed E-state index contributed by atoms with van der Waals surface area (Å²) in [5.41, 5.74) is -1.05. The molecule has 0 saturated heterocycles. The minimum atomic E-state index is -0.818. The fraction of sp³-hybridized carbons (Fsp3) is 0.794. The number of hydrogen-bond acceptors (Lipinski definition) is 6. The standard InChI is InChI=1S/C34H57N6.3BrH.Ti/c1-26(2,3)22-19-32(38-35-22,29(10,11)12)25(33(30(13,14)15)20-23(36-39-33)27(4,5)6)34(31(16,17)18)21-24(37-40-34)28(7,8)9;;;;/h19-21H,1-18H3;3*1H;/q-1;;;;+4/p-3. The third-order valence-corrected chi connectivity index (χ3v) is 8.86. The van der Waals surface area contributed by atoms with Crippen molar-refractivity contribution in [1.82, 2.24) is 0 Å². The largest absolute Gasteiger partial charge is 4.00 e. The van der Waals surface area contributed by atoms with E-state index in [0.717, 1.165) is 23.0 Å². The van der Waals surface area contributed by atoms with Gasteiger partial charge in [0.15, 0.2) is 0 Å². The quantitative estimate of drug-likeness (QED) is 0.309. The van der Waals surface area contributed by atoms with E-state index >= 15 is 0 Å². The molecule has 44 heavy (non-hydrogen) atoms. The van der Waals surface area contributed by atoms with Crippen molar-refractivity contribution in [3.8, 4) is 0 Å². The minimum absolute atomic E-state index is 0. The van der Waals surface area contributed by atoms with Crippen LogP contribution >= 0.6 is 0 Å². The van der Waals surface area contributed by atoms with Crippen molar-refractivity contribution in [3.05, 3.63) is 41.2 Å². The maximum Gasteiger partial charge on any atom is 4.00 e. The van der Waals surface area contributed by atoms with Gasteiger partial charge in [-0.05, 0) is 32.9 Å². The summed E-state index contributed by atoms with van der Waals surface area (Å²) >= 11 is 0. The van der Waals surface area contributed by atoms with E-state index in [1.54, 1.807) is 0 Å². The molecule has 0 spiro atoms. The summed E-state index contributed by atoms with van der Waals surface area (Å²) in [6.07, 6.45) is 6.96. The van der Waals surface area contributed by atoms with Gasteiger partial charge in [-0.25, -0.2) is 21.3 Å². The van der Waals surface area contributed by atoms with Crippen LogP contribution in [0, 0.1) is 38.4 Å². The molecule has 3 rings (SSSR count). The Balaban J connectivity index is 0. The van der Waals surface area contributed by atoms with E-state index in [1.807, 2.05) is 0 Å². The Morgan fingerprint density at radius 1 is 0.409 bits per heavy atom. The van der Waals surface area contributed by atoms with E-state index in [0.29, 0.717) is 0 Å². The zero-order valence-electron chi connectivity index (χ0n) is 30.5. The second kappa shape index (κ2) is 13.6. The number of hydrogen-bond donors (Lipinski definition) is 0. The molecular formula is C34H57Br3N6Ti. The molecule has 0 aliphatic carbocycles. The molecule has 0 amide bonds. The fourth-order valence-corrected chi connectivity index (χ4v) is 5.73. The smallest absolute Gasteiger partial charge is 1.00 e. The van der Waals surface area contributed by atoms with Crippen molar-refractivity contribution in [1.29, 1.82) is 0 Å². The van der Waals surface area contributed by atoms with Gasteiger partial charge in [-0.3, -0.25) is 0 Å². The van der Waals surface area contributed by atoms with Crippen LogP contribution < -0.4 is 50.9 Å². The summed E-state index contributed by atoms with van der Waals surface area (Å²) in [6.45, 7) is 40.2. The molecule has 6 nitrogen and oxygen atoms in total. The van der Waals surface area contributed by atoms with Crippen LogP contribution in [0.3, 0.4) is 0 Å². The van der Waals surface area contributed by atoms with Crippen LogP contribution in [0.1, 0.15) is 125 Å². The first-order chi connectivity index (χ1) is 17.6. The summed E-state index contributed by atoms with van der Waals surface area (Å²) in [6, 6.07) is 0. The van der Waals surface area contributed by atoms with Crippen molar-refractivity contribution < 1.29 is 72.7 Å². The van der Waals surface area contributed by atoms with Gasteiger partial charge in [-0.15, -0.1) is 0 Å². The minimum Gasteiger partial charge on any atom is -1.00 e. The van der Waals surface area contributed by atoms with Crippen molar-refractivity contribution in [2.75, 3.05) is 0 Å². The first-order valence-electron chi connectivity index (χ1n) is 14.9. The summed E-state index contributed by atoms with van der Waals surface area (Å²) in [5.74, 6) is 1.09. The second-order valence-electron chi connectivity index (χ2n) is 18.4. The maximum atomic E-state index is 5.30. The van der Waals surface area contributed by atoms with Crippen molar-refractivity contribution in [2.24, 2.45) is 63.2 Å². The van der Waals surface area contributed by atoms with E-state index in [-0.39, 0.29) is 105 Å². The number of halogens is 3. The predicted molar refractivity (Wildman–Crippen MR) is 167 cm³/mol. The SMILES string of the molecule is CC(C)(C)C1=CC([C-](C2(C(C)(C)C)C=C(C(C)(C)C)N=N2)C2(C(C)(C)C)C=C(C(C)(C)C)N=N2)(C(C)(C)C)N=N1.[Br-].[Br-].[Br-].[Ti+4]. The third-order valence-electron chi connectivity index (χ3n) is 8.86. The summed E-state index contributed by atoms with van der Waals surface area (Å²) in [7, 11) is 0. The molecule has 3 atom stereocenters. The zero-order chi connectivity index (χ0) is 31.2. The summed E-state index contributed by atoms with van der Waals surface area (Å²) < 4.78 is 0. The first kappa shape index (κ1) is 46.3. The van der Waals surface area contributed by atoms with Crippen LogP contribution in [0.5, 0.6) is 0 Å². The Morgan fingerprint density at radius 2 is 0.591 bits per heavy atom. The molecule has 3 heterocycles. The number of nitrogens with zero attached hydrogens (tertiary/aromatic N) is 6. The molecule has 3 aliphatic rings. The predicted octanol–water partition coefficient (Wildman–Crippen LogP) is 2.11. The van der Waals surface area contributed by atoms with Gasteiger partial charge in [-0.2, -0.15) is 15.3 Å². The third kappa shape index (κ3) is 7.73. The van der Waals surface area contributed by atoms with Gasteiger partial charge in [0.25, 0.3) is 0 Å². The monoisotopic (exact) mass is 834 g/mol. The van der Waals surface area contributed by atoms with Gasteiger partial charge in [-0.1, -0.05) is 143 Å². The molecule has 0 bridgehead atoms. The molecule has 0 aromatic carbocycles. The number of allylic oxidation sites excluding steroid dienone is 3. The van der Waals surface area contributed by atoms with Gasteiger partial charge in [0.1, 0.15) is 0 Å². The van der Waals surface area contributed by atoms with Gasteiger partial charge in [0.2, 0.25) is 0 Å². The molecule has 10 heteroatoms. The van der Waals surface area contributed by atoms with Gasteiger partial charge in [0, 0.05) is 16.2 Å². The maximum absolute atomic E-state index is 5.30. The molecule has 3 aliphatic heterocycles. The van der Waals surface area contributed by atoms with Crippen LogP contribution in [0.4, 0.5) is 0 Å². The molecule has 0 fully saturated rings. The fourth-order valence-electron chi connectivity index (χ4n) is 5.73. The molecule has 0 aromatic rings. The van der Waals surface area contributed by atoms with Crippen molar-refractivity contribution in [2.45, 2.75) is 141 Å². The van der Waals surface area contributed by atoms with Crippen LogP contribution in [0.2, 0.25) is 0 Å². The average molecular weight is 837 g/mol. The topological polar surface area (TPSA) is 74.2 Å². The van der Waals surface area contributed by atoms with E-state index in [2.05, 4.69) is 143 Å². The van der Waals surface area contributed by atoms with Crippen LogP contribution in [0.25, 0.3) is 0 Å². The number of rotatable bonds is 3. The number of azo groups is 3. The Bertz CT molecular complexity index is 1070. The van der Waals surface area contributed by atoms with Crippen molar-refractivity contribution in [3.63, 3.8) is 0 Å². The molecule has 0 radical (unpaired) electrons. The van der Waals surface area contributed by atoms with Crippen LogP contribution in [0.15, 0.2) is 66.0 Å². The van der Waals surface area contributed by atoms with E-state index < -0.39 is 16.6 Å². The average Bonchev–Trinajstić information content (AvgIpc) is 3.44. The van der Waals surface area contributed by atoms with Gasteiger partial charge in [0.05, 0.1) is 17.1 Å². The molecule has 0 aromatic heterocycles. The Kier molecular flexibility index (Phi) is 14.3. The van der Waals surface area contributed by atoms with E-state index in [4.69, 9.17) is 30.7 Å². The summed E-state index contributed by atoms with van der Waals surface area (Å²) in [5, 5.41) is 30.7. The molecular weight excluding hydrogens is 780 g/mol. The summed E-state index contributed by atoms with van der Waals surface area (Å²) in [4.78, 5) is 0. The second-order valence-corrected chi connectivity index (χ2v) is 18.4. The van der Waals surface area contributed by atoms with E-state index in [1.165, 1.54) is 0 Å². The molecule has 0 saturated carbocycles. The Morgan fingerprint density at radius 3 is 0.705 bits per heavy atom. The van der Waals surface area contributed by atoms with Crippen LogP contribution in [-0.2, 0) is 21.7 Å². The van der Waals surface area contributed by atoms with Gasteiger partial charge >= 0.3 is 21.7 Å². The van der Waals surface area contributed by atoms with Crippen LogP contribution in [-0.4, -0.2) is 16.6 Å². The zero-order valence-corrected chi connectivity index (χ0v) is 36.9. The van der Waals surface area contributed by atoms with Gasteiger partial charge < -0.3 is 50.9 Å². The molecule has 3 unspecified atom stereocenters. The van der Waals surface area contributed by atoms with Crippen molar-refractivity contribution >= 4 is 0 Å². The normalized spacial score (nSPS) is 27.2.